The number of nitrogens with one attached hydrogen (secondary N) is 1. The van der Waals surface area contributed by atoms with Crippen LogP contribution in [0.15, 0.2) is 18.2 Å². The summed E-state index contributed by atoms with van der Waals surface area (Å²) in [4.78, 5) is 29.8. The Kier molecular flexibility index (Phi) is 8.12. The normalized spacial score (nSPS) is 20.8. The summed E-state index contributed by atoms with van der Waals surface area (Å²) in [6, 6.07) is 6.44. The van der Waals surface area contributed by atoms with Gasteiger partial charge >= 0.3 is 0 Å². The molecule has 7 nitrogen and oxygen atoms in total. The number of hydrogen-bond acceptors (Lipinski definition) is 5. The van der Waals surface area contributed by atoms with Crippen LogP contribution in [0, 0.1) is 11.8 Å². The molecule has 0 radical (unpaired) electrons. The van der Waals surface area contributed by atoms with E-state index < -0.39 is 0 Å². The number of hydrogen-bond donors (Lipinski definition) is 1. The average Bonchev–Trinajstić information content (AvgIpc) is 2.83. The lowest BCUT2D eigenvalue weighted by Gasteiger charge is -2.42. The Balaban J connectivity index is 1.15. The van der Waals surface area contributed by atoms with E-state index in [1.54, 1.807) is 14.2 Å². The predicted octanol–water partition coefficient (Wildman–Crippen LogP) is 2.87. The number of benzene rings is 1. The average molecular weight is 458 g/mol. The maximum atomic E-state index is 12.7. The Morgan fingerprint density at radius 1 is 0.909 bits per heavy atom. The second-order valence-corrected chi connectivity index (χ2v) is 9.72. The van der Waals surface area contributed by atoms with Crippen molar-refractivity contribution in [1.82, 2.24) is 15.1 Å². The highest BCUT2D eigenvalue weighted by atomic mass is 16.5. The lowest BCUT2D eigenvalue weighted by atomic mass is 9.84. The van der Waals surface area contributed by atoms with Gasteiger partial charge in [-0.3, -0.25) is 9.59 Å². The number of piperidine rings is 2. The van der Waals surface area contributed by atoms with Crippen molar-refractivity contribution >= 4 is 11.8 Å². The first-order chi connectivity index (χ1) is 16.1. The first kappa shape index (κ1) is 23.9. The van der Waals surface area contributed by atoms with Gasteiger partial charge < -0.3 is 24.6 Å². The molecule has 1 saturated carbocycles. The van der Waals surface area contributed by atoms with Crippen LogP contribution in [0.1, 0.15) is 50.5 Å². The van der Waals surface area contributed by atoms with Crippen LogP contribution in [0.25, 0.3) is 0 Å². The van der Waals surface area contributed by atoms with E-state index in [-0.39, 0.29) is 11.8 Å². The molecule has 1 N–H and O–H groups in total. The minimum absolute atomic E-state index is 0.104. The molecule has 1 aromatic carbocycles. The van der Waals surface area contributed by atoms with Gasteiger partial charge in [0.1, 0.15) is 0 Å². The van der Waals surface area contributed by atoms with E-state index in [1.807, 2.05) is 18.2 Å². The third-order valence-corrected chi connectivity index (χ3v) is 7.81. The number of carbonyl (C=O) groups is 2. The number of nitrogens with zero attached hydrogens (tertiary/aromatic N) is 2. The van der Waals surface area contributed by atoms with E-state index in [9.17, 15) is 9.59 Å². The van der Waals surface area contributed by atoms with Gasteiger partial charge in [0.2, 0.25) is 11.8 Å². The molecule has 1 aliphatic carbocycles. The molecule has 3 aliphatic rings. The van der Waals surface area contributed by atoms with Gasteiger partial charge in [0.15, 0.2) is 11.5 Å². The van der Waals surface area contributed by atoms with Crippen molar-refractivity contribution in [2.75, 3.05) is 46.9 Å². The fourth-order valence-corrected chi connectivity index (χ4v) is 5.40. The minimum atomic E-state index is 0.104. The Morgan fingerprint density at radius 3 is 2.21 bits per heavy atom. The number of ether oxygens (including phenoxy) is 2. The van der Waals surface area contributed by atoms with Crippen molar-refractivity contribution in [3.8, 4) is 11.5 Å². The van der Waals surface area contributed by atoms with Crippen LogP contribution in [-0.2, 0) is 16.0 Å². The van der Waals surface area contributed by atoms with Crippen LogP contribution in [0.4, 0.5) is 0 Å². The largest absolute Gasteiger partial charge is 0.493 e. The van der Waals surface area contributed by atoms with Gasteiger partial charge in [-0.15, -0.1) is 0 Å². The molecule has 4 rings (SSSR count). The standard InChI is InChI=1S/C26H39N3O4/c1-32-23-7-6-19(18-24(23)33-2)8-13-27-25(30)20-9-14-28(15-10-20)22-11-16-29(17-12-22)26(31)21-4-3-5-21/h6-7,18,20-22H,3-5,8-17H2,1-2H3,(H,27,30). The fourth-order valence-electron chi connectivity index (χ4n) is 5.40. The molecule has 0 bridgehead atoms. The number of amides is 2. The molecule has 0 atom stereocenters. The molecular formula is C26H39N3O4. The second-order valence-electron chi connectivity index (χ2n) is 9.72. The Morgan fingerprint density at radius 2 is 1.61 bits per heavy atom. The number of likely N-dealkylation sites (tertiary alicyclic amines) is 2. The monoisotopic (exact) mass is 457 g/mol. The Labute approximate surface area is 197 Å². The molecule has 3 fully saturated rings. The smallest absolute Gasteiger partial charge is 0.225 e. The van der Waals surface area contributed by atoms with E-state index >= 15 is 0 Å². The summed E-state index contributed by atoms with van der Waals surface area (Å²) in [7, 11) is 3.26. The number of rotatable bonds is 8. The summed E-state index contributed by atoms with van der Waals surface area (Å²) in [6.07, 6.45) is 8.13. The molecule has 0 aromatic heterocycles. The van der Waals surface area contributed by atoms with Crippen LogP contribution in [0.3, 0.4) is 0 Å². The predicted molar refractivity (Wildman–Crippen MR) is 127 cm³/mol. The molecule has 2 saturated heterocycles. The number of methoxy groups -OCH3 is 2. The summed E-state index contributed by atoms with van der Waals surface area (Å²) >= 11 is 0. The van der Waals surface area contributed by atoms with Gasteiger partial charge in [0.25, 0.3) is 0 Å². The highest BCUT2D eigenvalue weighted by molar-refractivity contribution is 5.79. The summed E-state index contributed by atoms with van der Waals surface area (Å²) < 4.78 is 10.6. The minimum Gasteiger partial charge on any atom is -0.493 e. The summed E-state index contributed by atoms with van der Waals surface area (Å²) in [5.74, 6) is 2.41. The zero-order chi connectivity index (χ0) is 23.2. The summed E-state index contributed by atoms with van der Waals surface area (Å²) in [6.45, 7) is 4.39. The van der Waals surface area contributed by atoms with Crippen molar-refractivity contribution in [3.63, 3.8) is 0 Å². The van der Waals surface area contributed by atoms with Crippen LogP contribution < -0.4 is 14.8 Å². The van der Waals surface area contributed by atoms with E-state index in [4.69, 9.17) is 9.47 Å². The fraction of sp³-hybridized carbons (Fsp3) is 0.692. The molecule has 0 spiro atoms. The van der Waals surface area contributed by atoms with Crippen molar-refractivity contribution in [1.29, 1.82) is 0 Å². The molecule has 7 heteroatoms. The topological polar surface area (TPSA) is 71.1 Å². The quantitative estimate of drug-likeness (QED) is 0.650. The van der Waals surface area contributed by atoms with E-state index in [0.717, 1.165) is 76.7 Å². The van der Waals surface area contributed by atoms with Gasteiger partial charge in [0, 0.05) is 37.5 Å². The van der Waals surface area contributed by atoms with Gasteiger partial charge in [-0.05, 0) is 75.7 Å². The van der Waals surface area contributed by atoms with Gasteiger partial charge in [0.05, 0.1) is 14.2 Å². The molecule has 2 aliphatic heterocycles. The Bertz CT molecular complexity index is 810. The first-order valence-corrected chi connectivity index (χ1v) is 12.6. The molecule has 182 valence electrons. The highest BCUT2D eigenvalue weighted by Crippen LogP contribution is 2.31. The summed E-state index contributed by atoms with van der Waals surface area (Å²) in [5.41, 5.74) is 1.12. The Hall–Kier alpha value is -2.28. The zero-order valence-corrected chi connectivity index (χ0v) is 20.2. The van der Waals surface area contributed by atoms with Crippen molar-refractivity contribution in [2.45, 2.75) is 57.4 Å². The third-order valence-electron chi connectivity index (χ3n) is 7.81. The highest BCUT2D eigenvalue weighted by Gasteiger charge is 2.34. The maximum absolute atomic E-state index is 12.7. The lowest BCUT2D eigenvalue weighted by molar-refractivity contribution is -0.140. The summed E-state index contributed by atoms with van der Waals surface area (Å²) in [5, 5.41) is 3.13. The molecule has 1 aromatic rings. The molecule has 33 heavy (non-hydrogen) atoms. The van der Waals surface area contributed by atoms with Crippen LogP contribution in [0.5, 0.6) is 11.5 Å². The first-order valence-electron chi connectivity index (χ1n) is 12.6. The van der Waals surface area contributed by atoms with E-state index in [2.05, 4.69) is 15.1 Å². The van der Waals surface area contributed by atoms with Crippen molar-refractivity contribution in [3.05, 3.63) is 23.8 Å². The molecule has 2 amide bonds. The second kappa shape index (κ2) is 11.2. The molecule has 2 heterocycles. The van der Waals surface area contributed by atoms with Crippen molar-refractivity contribution in [2.24, 2.45) is 11.8 Å². The zero-order valence-electron chi connectivity index (χ0n) is 20.2. The SMILES string of the molecule is COc1ccc(CCNC(=O)C2CCN(C3CCN(C(=O)C4CCC4)CC3)CC2)cc1OC. The lowest BCUT2D eigenvalue weighted by Crippen LogP contribution is -2.51. The maximum Gasteiger partial charge on any atom is 0.225 e. The molecular weight excluding hydrogens is 418 g/mol. The third kappa shape index (κ3) is 5.81. The van der Waals surface area contributed by atoms with Gasteiger partial charge in [-0.1, -0.05) is 12.5 Å². The van der Waals surface area contributed by atoms with Gasteiger partial charge in [-0.2, -0.15) is 0 Å². The van der Waals surface area contributed by atoms with Gasteiger partial charge in [-0.25, -0.2) is 0 Å². The van der Waals surface area contributed by atoms with E-state index in [0.29, 0.717) is 35.9 Å². The van der Waals surface area contributed by atoms with E-state index in [1.165, 1.54) is 6.42 Å². The van der Waals surface area contributed by atoms with Crippen LogP contribution in [0.2, 0.25) is 0 Å². The molecule has 0 unspecified atom stereocenters. The van der Waals surface area contributed by atoms with Crippen molar-refractivity contribution < 1.29 is 19.1 Å². The van der Waals surface area contributed by atoms with Crippen LogP contribution in [-0.4, -0.2) is 74.6 Å². The number of carbonyl (C=O) groups excluding carboxylic acids is 2. The van der Waals surface area contributed by atoms with Crippen LogP contribution >= 0.6 is 0 Å².